The van der Waals surface area contributed by atoms with Gasteiger partial charge in [-0.3, -0.25) is 0 Å². The first-order valence-corrected chi connectivity index (χ1v) is 8.77. The maximum atomic E-state index is 6.24. The van der Waals surface area contributed by atoms with Crippen LogP contribution >= 0.6 is 0 Å². The summed E-state index contributed by atoms with van der Waals surface area (Å²) in [7, 11) is 0. The average Bonchev–Trinajstić information content (AvgIpc) is 2.91. The molecule has 0 bridgehead atoms. The summed E-state index contributed by atoms with van der Waals surface area (Å²) in [5, 5.41) is 0. The molecule has 1 heteroatoms. The van der Waals surface area contributed by atoms with Crippen LogP contribution in [0.5, 0.6) is 0 Å². The highest BCUT2D eigenvalue weighted by atomic mass is 14.7. The zero-order chi connectivity index (χ0) is 13.8. The molecule has 3 fully saturated rings. The van der Waals surface area contributed by atoms with Crippen LogP contribution in [0, 0.1) is 28.6 Å². The molecule has 4 aliphatic carbocycles. The van der Waals surface area contributed by atoms with Gasteiger partial charge in [0, 0.05) is 5.41 Å². The number of rotatable bonds is 1. The van der Waals surface area contributed by atoms with Crippen molar-refractivity contribution in [3.8, 4) is 0 Å². The Bertz CT molecular complexity index is 462. The van der Waals surface area contributed by atoms with Crippen molar-refractivity contribution in [3.63, 3.8) is 0 Å². The Morgan fingerprint density at radius 3 is 2.95 bits per heavy atom. The average molecular weight is 271 g/mol. The highest BCUT2D eigenvalue weighted by Crippen LogP contribution is 2.64. The summed E-state index contributed by atoms with van der Waals surface area (Å²) >= 11 is 0. The van der Waals surface area contributed by atoms with Crippen molar-refractivity contribution in [2.75, 3.05) is 6.54 Å². The van der Waals surface area contributed by atoms with Gasteiger partial charge in [-0.05, 0) is 74.7 Å². The van der Waals surface area contributed by atoms with Crippen molar-refractivity contribution in [1.82, 2.24) is 0 Å². The van der Waals surface area contributed by atoms with Gasteiger partial charge >= 0.3 is 0 Å². The molecular formula is C19H29N. The molecule has 0 amide bonds. The minimum atomic E-state index is 0.379. The predicted molar refractivity (Wildman–Crippen MR) is 84.2 cm³/mol. The Kier molecular flexibility index (Phi) is 2.93. The summed E-state index contributed by atoms with van der Waals surface area (Å²) < 4.78 is 0. The van der Waals surface area contributed by atoms with Crippen LogP contribution in [0.4, 0.5) is 0 Å². The Morgan fingerprint density at radius 1 is 1.20 bits per heavy atom. The van der Waals surface area contributed by atoms with E-state index >= 15 is 0 Å². The van der Waals surface area contributed by atoms with E-state index in [2.05, 4.69) is 25.2 Å². The normalized spacial score (nSPS) is 50.1. The molecule has 4 rings (SSSR count). The first-order valence-electron chi connectivity index (χ1n) is 8.77. The molecular weight excluding hydrogens is 242 g/mol. The van der Waals surface area contributed by atoms with Gasteiger partial charge in [-0.2, -0.15) is 0 Å². The molecule has 0 radical (unpaired) electrons. The van der Waals surface area contributed by atoms with E-state index in [1.807, 2.05) is 0 Å². The highest BCUT2D eigenvalue weighted by Gasteiger charge is 2.56. The lowest BCUT2D eigenvalue weighted by Gasteiger charge is -2.56. The zero-order valence-corrected chi connectivity index (χ0v) is 12.9. The fourth-order valence-corrected chi connectivity index (χ4v) is 6.49. The van der Waals surface area contributed by atoms with Crippen molar-refractivity contribution in [3.05, 3.63) is 23.8 Å². The summed E-state index contributed by atoms with van der Waals surface area (Å²) in [6, 6.07) is 0. The predicted octanol–water partition coefficient (Wildman–Crippen LogP) is 4.44. The molecule has 0 spiro atoms. The van der Waals surface area contributed by atoms with Crippen LogP contribution in [-0.4, -0.2) is 6.54 Å². The Hall–Kier alpha value is -0.560. The number of hydrogen-bond acceptors (Lipinski definition) is 1. The van der Waals surface area contributed by atoms with E-state index in [0.717, 1.165) is 24.3 Å². The van der Waals surface area contributed by atoms with Crippen molar-refractivity contribution in [1.29, 1.82) is 0 Å². The van der Waals surface area contributed by atoms with Gasteiger partial charge in [0.05, 0.1) is 0 Å². The zero-order valence-electron chi connectivity index (χ0n) is 12.9. The van der Waals surface area contributed by atoms with Crippen molar-refractivity contribution in [2.45, 2.75) is 58.3 Å². The Labute approximate surface area is 123 Å². The number of nitrogens with two attached hydrogens (primary N) is 1. The third-order valence-electron chi connectivity index (χ3n) is 7.54. The van der Waals surface area contributed by atoms with Crippen molar-refractivity contribution >= 4 is 0 Å². The summed E-state index contributed by atoms with van der Waals surface area (Å²) in [5.74, 6) is 2.77. The van der Waals surface area contributed by atoms with E-state index in [-0.39, 0.29) is 0 Å². The second kappa shape index (κ2) is 4.47. The first-order chi connectivity index (χ1) is 9.70. The molecule has 0 aromatic rings. The van der Waals surface area contributed by atoms with Gasteiger partial charge in [0.15, 0.2) is 0 Å². The maximum absolute atomic E-state index is 6.24. The minimum absolute atomic E-state index is 0.379. The van der Waals surface area contributed by atoms with E-state index in [1.54, 1.807) is 5.57 Å². The van der Waals surface area contributed by atoms with E-state index in [4.69, 9.17) is 5.73 Å². The standard InChI is InChI=1S/C19H29N/c1-18-10-3-2-5-14(18)7-8-15-16(18)9-12-19(13-20)11-4-6-17(15)19/h3,5,10,15-17H,2,4,6-9,11-13,20H2,1H3/t15-,16+,17+,18+,19+/m1/s1. The fraction of sp³-hybridized carbons (Fsp3) is 0.789. The SMILES string of the molecule is C[C@]12C=CCC=C1CC[C@H]1[C@@H]3CCC[C@@]3(CN)CC[C@@H]12. The monoisotopic (exact) mass is 271 g/mol. The molecule has 20 heavy (non-hydrogen) atoms. The van der Waals surface area contributed by atoms with Crippen molar-refractivity contribution in [2.24, 2.45) is 34.3 Å². The molecule has 3 saturated carbocycles. The summed E-state index contributed by atoms with van der Waals surface area (Å²) in [6.07, 6.45) is 18.5. The summed E-state index contributed by atoms with van der Waals surface area (Å²) in [4.78, 5) is 0. The van der Waals surface area contributed by atoms with E-state index in [0.29, 0.717) is 10.8 Å². The van der Waals surface area contributed by atoms with Crippen LogP contribution in [0.1, 0.15) is 58.3 Å². The summed E-state index contributed by atoms with van der Waals surface area (Å²) in [5.41, 5.74) is 8.89. The molecule has 5 atom stereocenters. The number of hydrogen-bond donors (Lipinski definition) is 1. The smallest absolute Gasteiger partial charge is 0.00936 e. The molecule has 0 aromatic heterocycles. The molecule has 0 aromatic carbocycles. The molecule has 4 aliphatic rings. The first kappa shape index (κ1) is 13.1. The van der Waals surface area contributed by atoms with Crippen LogP contribution in [0.15, 0.2) is 23.8 Å². The maximum Gasteiger partial charge on any atom is 0.00936 e. The van der Waals surface area contributed by atoms with E-state index < -0.39 is 0 Å². The van der Waals surface area contributed by atoms with Crippen LogP contribution in [0.3, 0.4) is 0 Å². The van der Waals surface area contributed by atoms with E-state index in [9.17, 15) is 0 Å². The molecule has 0 unspecified atom stereocenters. The number of fused-ring (bicyclic) bond motifs is 5. The highest BCUT2D eigenvalue weighted by molar-refractivity contribution is 5.31. The quantitative estimate of drug-likeness (QED) is 0.701. The second-order valence-corrected chi connectivity index (χ2v) is 8.06. The van der Waals surface area contributed by atoms with Gasteiger partial charge in [0.25, 0.3) is 0 Å². The van der Waals surface area contributed by atoms with Crippen LogP contribution in [0.25, 0.3) is 0 Å². The lowest BCUT2D eigenvalue weighted by molar-refractivity contribution is -0.0202. The van der Waals surface area contributed by atoms with Crippen LogP contribution < -0.4 is 5.73 Å². The summed E-state index contributed by atoms with van der Waals surface area (Å²) in [6.45, 7) is 3.46. The van der Waals surface area contributed by atoms with Gasteiger partial charge in [-0.1, -0.05) is 37.1 Å². The van der Waals surface area contributed by atoms with Gasteiger partial charge in [0.1, 0.15) is 0 Å². The molecule has 0 aliphatic heterocycles. The van der Waals surface area contributed by atoms with Crippen LogP contribution in [0.2, 0.25) is 0 Å². The largest absolute Gasteiger partial charge is 0.330 e. The number of allylic oxidation sites excluding steroid dienone is 4. The lowest BCUT2D eigenvalue weighted by Crippen LogP contribution is -2.50. The van der Waals surface area contributed by atoms with E-state index in [1.165, 1.54) is 51.4 Å². The molecule has 0 heterocycles. The Balaban J connectivity index is 1.69. The molecule has 1 nitrogen and oxygen atoms in total. The topological polar surface area (TPSA) is 26.0 Å². The fourth-order valence-electron chi connectivity index (χ4n) is 6.49. The van der Waals surface area contributed by atoms with Gasteiger partial charge < -0.3 is 5.73 Å². The second-order valence-electron chi connectivity index (χ2n) is 8.06. The van der Waals surface area contributed by atoms with Crippen LogP contribution in [-0.2, 0) is 0 Å². The Morgan fingerprint density at radius 2 is 2.10 bits per heavy atom. The van der Waals surface area contributed by atoms with Gasteiger partial charge in [-0.25, -0.2) is 0 Å². The third kappa shape index (κ3) is 1.59. The molecule has 2 N–H and O–H groups in total. The van der Waals surface area contributed by atoms with Gasteiger partial charge in [-0.15, -0.1) is 0 Å². The molecule has 110 valence electrons. The van der Waals surface area contributed by atoms with Crippen molar-refractivity contribution < 1.29 is 0 Å². The molecule has 0 saturated heterocycles. The minimum Gasteiger partial charge on any atom is -0.330 e. The lowest BCUT2D eigenvalue weighted by atomic mass is 9.48. The van der Waals surface area contributed by atoms with Gasteiger partial charge in [0.2, 0.25) is 0 Å². The third-order valence-corrected chi connectivity index (χ3v) is 7.54.